The quantitative estimate of drug-likeness (QED) is 0.684. The number of benzene rings is 2. The maximum absolute atomic E-state index is 12.8. The predicted molar refractivity (Wildman–Crippen MR) is 97.8 cm³/mol. The second kappa shape index (κ2) is 9.08. The number of hydrogen-bond acceptors (Lipinski definition) is 5. The highest BCUT2D eigenvalue weighted by molar-refractivity contribution is 7.91. The molecule has 0 heterocycles. The van der Waals surface area contributed by atoms with Crippen LogP contribution in [0.3, 0.4) is 0 Å². The molecule has 1 amide bonds. The van der Waals surface area contributed by atoms with Gasteiger partial charge in [0, 0.05) is 5.56 Å². The summed E-state index contributed by atoms with van der Waals surface area (Å²) in [5, 5.41) is 2.24. The Morgan fingerprint density at radius 2 is 1.72 bits per heavy atom. The van der Waals surface area contributed by atoms with Crippen molar-refractivity contribution in [3.63, 3.8) is 0 Å². The Balaban J connectivity index is 2.15. The third kappa shape index (κ3) is 6.05. The zero-order chi connectivity index (χ0) is 21.7. The highest BCUT2D eigenvalue weighted by Crippen LogP contribution is 2.29. The third-order valence-electron chi connectivity index (χ3n) is 4.02. The standard InChI is InChI=1S/C19H18F3NO5S/c1-28-18(25)16(10-11-29(26,27)15-8-3-2-4-9-15)23-17(24)13-6-5-7-14(12-13)19(20,21)22/h2-9,12,16H,10-11H2,1H3,(H,23,24)/t16-/m1/s1. The molecule has 2 aromatic rings. The van der Waals surface area contributed by atoms with Gasteiger partial charge in [0.1, 0.15) is 6.04 Å². The lowest BCUT2D eigenvalue weighted by Gasteiger charge is -2.17. The van der Waals surface area contributed by atoms with Crippen LogP contribution in [-0.4, -0.2) is 39.2 Å². The van der Waals surface area contributed by atoms with E-state index in [1.165, 1.54) is 12.1 Å². The van der Waals surface area contributed by atoms with E-state index in [0.717, 1.165) is 25.3 Å². The maximum atomic E-state index is 12.8. The second-order valence-electron chi connectivity index (χ2n) is 6.05. The Morgan fingerprint density at radius 3 is 2.31 bits per heavy atom. The van der Waals surface area contributed by atoms with E-state index < -0.39 is 45.2 Å². The van der Waals surface area contributed by atoms with E-state index in [1.807, 2.05) is 0 Å². The van der Waals surface area contributed by atoms with Crippen LogP contribution in [0.5, 0.6) is 0 Å². The lowest BCUT2D eigenvalue weighted by molar-refractivity contribution is -0.143. The molecular formula is C19H18F3NO5S. The summed E-state index contributed by atoms with van der Waals surface area (Å²) >= 11 is 0. The fourth-order valence-corrected chi connectivity index (χ4v) is 3.84. The Hall–Kier alpha value is -2.88. The summed E-state index contributed by atoms with van der Waals surface area (Å²) in [7, 11) is -2.68. The lowest BCUT2D eigenvalue weighted by Crippen LogP contribution is -2.42. The average Bonchev–Trinajstić information content (AvgIpc) is 2.70. The van der Waals surface area contributed by atoms with Gasteiger partial charge in [0.2, 0.25) is 0 Å². The van der Waals surface area contributed by atoms with Crippen molar-refractivity contribution in [3.8, 4) is 0 Å². The molecule has 0 radical (unpaired) electrons. The molecular weight excluding hydrogens is 411 g/mol. The number of carbonyl (C=O) groups is 2. The minimum absolute atomic E-state index is 0.0489. The van der Waals surface area contributed by atoms with Gasteiger partial charge in [-0.25, -0.2) is 13.2 Å². The molecule has 156 valence electrons. The molecule has 2 rings (SSSR count). The minimum atomic E-state index is -4.64. The van der Waals surface area contributed by atoms with Crippen molar-refractivity contribution in [1.29, 1.82) is 0 Å². The van der Waals surface area contributed by atoms with Crippen molar-refractivity contribution in [2.75, 3.05) is 12.9 Å². The number of amides is 1. The van der Waals surface area contributed by atoms with Crippen molar-refractivity contribution in [2.45, 2.75) is 23.5 Å². The lowest BCUT2D eigenvalue weighted by atomic mass is 10.1. The zero-order valence-corrected chi connectivity index (χ0v) is 16.1. The van der Waals surface area contributed by atoms with E-state index in [4.69, 9.17) is 0 Å². The smallest absolute Gasteiger partial charge is 0.416 e. The fraction of sp³-hybridized carbons (Fsp3) is 0.263. The summed E-state index contributed by atoms with van der Waals surface area (Å²) < 4.78 is 67.8. The normalized spacial score (nSPS) is 12.8. The van der Waals surface area contributed by atoms with Crippen molar-refractivity contribution >= 4 is 21.7 Å². The van der Waals surface area contributed by atoms with Crippen LogP contribution < -0.4 is 5.32 Å². The largest absolute Gasteiger partial charge is 0.467 e. The monoisotopic (exact) mass is 429 g/mol. The Morgan fingerprint density at radius 1 is 1.07 bits per heavy atom. The van der Waals surface area contributed by atoms with Crippen LogP contribution >= 0.6 is 0 Å². The van der Waals surface area contributed by atoms with E-state index >= 15 is 0 Å². The van der Waals surface area contributed by atoms with Crippen LogP contribution in [0.25, 0.3) is 0 Å². The van der Waals surface area contributed by atoms with Crippen molar-refractivity contribution in [1.82, 2.24) is 5.32 Å². The molecule has 0 aromatic heterocycles. The summed E-state index contributed by atoms with van der Waals surface area (Å²) in [5.41, 5.74) is -1.34. The Kier molecular flexibility index (Phi) is 7.02. The van der Waals surface area contributed by atoms with E-state index in [2.05, 4.69) is 10.1 Å². The van der Waals surface area contributed by atoms with E-state index in [9.17, 15) is 31.2 Å². The number of rotatable bonds is 7. The molecule has 10 heteroatoms. The molecule has 29 heavy (non-hydrogen) atoms. The Labute approximate surface area is 165 Å². The van der Waals surface area contributed by atoms with Gasteiger partial charge in [0.15, 0.2) is 9.84 Å². The number of halogens is 3. The maximum Gasteiger partial charge on any atom is 0.416 e. The minimum Gasteiger partial charge on any atom is -0.467 e. The van der Waals surface area contributed by atoms with Gasteiger partial charge in [0.25, 0.3) is 5.91 Å². The van der Waals surface area contributed by atoms with Crippen molar-refractivity contribution in [3.05, 3.63) is 65.7 Å². The molecule has 0 saturated heterocycles. The van der Waals surface area contributed by atoms with Gasteiger partial charge in [-0.15, -0.1) is 0 Å². The first-order chi connectivity index (χ1) is 13.5. The topological polar surface area (TPSA) is 89.5 Å². The van der Waals surface area contributed by atoms with Gasteiger partial charge < -0.3 is 10.1 Å². The van der Waals surface area contributed by atoms with E-state index in [0.29, 0.717) is 6.07 Å². The first-order valence-corrected chi connectivity index (χ1v) is 10.0. The number of alkyl halides is 3. The summed E-state index contributed by atoms with van der Waals surface area (Å²) in [6, 6.07) is 9.83. The molecule has 0 spiro atoms. The summed E-state index contributed by atoms with van der Waals surface area (Å²) in [6.45, 7) is 0. The number of nitrogens with one attached hydrogen (secondary N) is 1. The van der Waals surface area contributed by atoms with Gasteiger partial charge in [0.05, 0.1) is 23.3 Å². The van der Waals surface area contributed by atoms with Crippen molar-refractivity contribution in [2.24, 2.45) is 0 Å². The SMILES string of the molecule is COC(=O)[C@@H](CCS(=O)(=O)c1ccccc1)NC(=O)c1cccc(C(F)(F)F)c1. The highest BCUT2D eigenvalue weighted by atomic mass is 32.2. The first-order valence-electron chi connectivity index (χ1n) is 8.38. The molecule has 1 N–H and O–H groups in total. The number of ether oxygens (including phenoxy) is 1. The molecule has 0 bridgehead atoms. The molecule has 2 aromatic carbocycles. The summed E-state index contributed by atoms with van der Waals surface area (Å²) in [5.74, 6) is -2.34. The van der Waals surface area contributed by atoms with Crippen molar-refractivity contribution < 1.29 is 35.9 Å². The van der Waals surface area contributed by atoms with Gasteiger partial charge >= 0.3 is 12.1 Å². The summed E-state index contributed by atoms with van der Waals surface area (Å²) in [4.78, 5) is 24.3. The van der Waals surface area contributed by atoms with Gasteiger partial charge in [-0.1, -0.05) is 24.3 Å². The number of sulfone groups is 1. The van der Waals surface area contributed by atoms with Crippen LogP contribution in [0.2, 0.25) is 0 Å². The Bertz CT molecular complexity index is 975. The first kappa shape index (κ1) is 22.4. The average molecular weight is 429 g/mol. The zero-order valence-electron chi connectivity index (χ0n) is 15.3. The van der Waals surface area contributed by atoms with Crippen LogP contribution in [0.4, 0.5) is 13.2 Å². The molecule has 0 aliphatic rings. The van der Waals surface area contributed by atoms with Crippen LogP contribution in [0.15, 0.2) is 59.5 Å². The van der Waals surface area contributed by atoms with Crippen LogP contribution in [0, 0.1) is 0 Å². The fourth-order valence-electron chi connectivity index (χ4n) is 2.49. The molecule has 0 fully saturated rings. The number of carbonyl (C=O) groups excluding carboxylic acids is 2. The van der Waals surface area contributed by atoms with Crippen LogP contribution in [-0.2, 0) is 25.5 Å². The number of hydrogen-bond donors (Lipinski definition) is 1. The molecule has 1 atom stereocenters. The molecule has 0 aliphatic carbocycles. The van der Waals surface area contributed by atoms with E-state index in [-0.39, 0.29) is 16.9 Å². The molecule has 0 saturated carbocycles. The highest BCUT2D eigenvalue weighted by Gasteiger charge is 2.31. The molecule has 0 unspecified atom stereocenters. The number of esters is 1. The summed E-state index contributed by atoms with van der Waals surface area (Å²) in [6.07, 6.45) is -4.95. The molecule has 0 aliphatic heterocycles. The van der Waals surface area contributed by atoms with Gasteiger partial charge in [-0.3, -0.25) is 4.79 Å². The number of methoxy groups -OCH3 is 1. The third-order valence-corrected chi connectivity index (χ3v) is 5.78. The van der Waals surface area contributed by atoms with Crippen LogP contribution in [0.1, 0.15) is 22.3 Å². The molecule has 6 nitrogen and oxygen atoms in total. The van der Waals surface area contributed by atoms with Gasteiger partial charge in [-0.2, -0.15) is 13.2 Å². The predicted octanol–water partition coefficient (Wildman–Crippen LogP) is 2.84. The second-order valence-corrected chi connectivity index (χ2v) is 8.16. The van der Waals surface area contributed by atoms with E-state index in [1.54, 1.807) is 18.2 Å². The van der Waals surface area contributed by atoms with Gasteiger partial charge in [-0.05, 0) is 36.8 Å².